The standard InChI is InChI=1S/C19H22Cl2N2O3S/c1-13(2)14-5-8-17(9-6-14)23(27(3,25)26)12-19(24)22-11-15-4-7-16(20)10-18(15)21/h4-10,13H,11-12H2,1-3H3,(H,22,24). The maximum atomic E-state index is 12.3. The van der Waals surface area contributed by atoms with Crippen molar-refractivity contribution in [2.75, 3.05) is 17.1 Å². The number of nitrogens with zero attached hydrogens (tertiary/aromatic N) is 1. The van der Waals surface area contributed by atoms with E-state index < -0.39 is 15.9 Å². The van der Waals surface area contributed by atoms with Gasteiger partial charge in [0.2, 0.25) is 15.9 Å². The molecule has 27 heavy (non-hydrogen) atoms. The third kappa shape index (κ3) is 6.13. The number of halogens is 2. The molecule has 0 aliphatic carbocycles. The van der Waals surface area contributed by atoms with Gasteiger partial charge >= 0.3 is 0 Å². The van der Waals surface area contributed by atoms with E-state index in [1.54, 1.807) is 30.3 Å². The van der Waals surface area contributed by atoms with Crippen molar-refractivity contribution in [2.24, 2.45) is 0 Å². The van der Waals surface area contributed by atoms with Crippen molar-refractivity contribution < 1.29 is 13.2 Å². The quantitative estimate of drug-likeness (QED) is 0.718. The maximum absolute atomic E-state index is 12.3. The molecule has 0 aliphatic heterocycles. The molecule has 1 amide bonds. The molecule has 0 spiro atoms. The van der Waals surface area contributed by atoms with Crippen molar-refractivity contribution in [1.29, 1.82) is 0 Å². The van der Waals surface area contributed by atoms with Gasteiger partial charge in [-0.05, 0) is 41.3 Å². The van der Waals surface area contributed by atoms with Gasteiger partial charge < -0.3 is 5.32 Å². The summed E-state index contributed by atoms with van der Waals surface area (Å²) in [5.41, 5.74) is 2.23. The summed E-state index contributed by atoms with van der Waals surface area (Å²) in [5.74, 6) is -0.0995. The first-order chi connectivity index (χ1) is 12.6. The molecule has 0 atom stereocenters. The second kappa shape index (κ2) is 8.95. The highest BCUT2D eigenvalue weighted by Gasteiger charge is 2.21. The fraction of sp³-hybridized carbons (Fsp3) is 0.316. The molecule has 146 valence electrons. The molecule has 0 aliphatic rings. The van der Waals surface area contributed by atoms with E-state index in [2.05, 4.69) is 19.2 Å². The van der Waals surface area contributed by atoms with Crippen molar-refractivity contribution in [2.45, 2.75) is 26.3 Å². The monoisotopic (exact) mass is 428 g/mol. The third-order valence-corrected chi connectivity index (χ3v) is 5.75. The number of carbonyl (C=O) groups excluding carboxylic acids is 1. The number of sulfonamides is 1. The highest BCUT2D eigenvalue weighted by atomic mass is 35.5. The Hall–Kier alpha value is -1.76. The highest BCUT2D eigenvalue weighted by molar-refractivity contribution is 7.92. The average molecular weight is 429 g/mol. The van der Waals surface area contributed by atoms with Crippen LogP contribution in [0.1, 0.15) is 30.9 Å². The van der Waals surface area contributed by atoms with Crippen LogP contribution in [0.25, 0.3) is 0 Å². The van der Waals surface area contributed by atoms with Gasteiger partial charge in [0, 0.05) is 16.6 Å². The first kappa shape index (κ1) is 21.5. The number of anilines is 1. The SMILES string of the molecule is CC(C)c1ccc(N(CC(=O)NCc2ccc(Cl)cc2Cl)S(C)(=O)=O)cc1. The fourth-order valence-electron chi connectivity index (χ4n) is 2.47. The number of benzene rings is 2. The molecular formula is C19H22Cl2N2O3S. The smallest absolute Gasteiger partial charge is 0.241 e. The van der Waals surface area contributed by atoms with Gasteiger partial charge in [-0.1, -0.05) is 55.2 Å². The van der Waals surface area contributed by atoms with Gasteiger partial charge in [0.05, 0.1) is 11.9 Å². The Morgan fingerprint density at radius 3 is 2.26 bits per heavy atom. The van der Waals surface area contributed by atoms with Crippen LogP contribution < -0.4 is 9.62 Å². The lowest BCUT2D eigenvalue weighted by molar-refractivity contribution is -0.119. The molecule has 0 unspecified atom stereocenters. The number of hydrogen-bond donors (Lipinski definition) is 1. The van der Waals surface area contributed by atoms with E-state index >= 15 is 0 Å². The van der Waals surface area contributed by atoms with E-state index in [1.165, 1.54) is 0 Å². The maximum Gasteiger partial charge on any atom is 0.241 e. The molecule has 2 rings (SSSR count). The Morgan fingerprint density at radius 2 is 1.74 bits per heavy atom. The predicted octanol–water partition coefficient (Wildman–Crippen LogP) is 4.20. The molecule has 8 heteroatoms. The van der Waals surface area contributed by atoms with Gasteiger partial charge in [0.1, 0.15) is 6.54 Å². The summed E-state index contributed by atoms with van der Waals surface area (Å²) in [4.78, 5) is 12.3. The van der Waals surface area contributed by atoms with Crippen molar-refractivity contribution in [3.05, 3.63) is 63.6 Å². The van der Waals surface area contributed by atoms with Crippen molar-refractivity contribution >= 4 is 44.8 Å². The zero-order valence-corrected chi connectivity index (χ0v) is 17.7. The van der Waals surface area contributed by atoms with Gasteiger partial charge in [0.15, 0.2) is 0 Å². The molecule has 0 heterocycles. The first-order valence-corrected chi connectivity index (χ1v) is 11.0. The third-order valence-electron chi connectivity index (χ3n) is 4.03. The number of nitrogens with one attached hydrogen (secondary N) is 1. The summed E-state index contributed by atoms with van der Waals surface area (Å²) < 4.78 is 25.4. The molecule has 2 aromatic carbocycles. The molecule has 0 saturated heterocycles. The summed E-state index contributed by atoms with van der Waals surface area (Å²) in [7, 11) is -3.61. The largest absolute Gasteiger partial charge is 0.350 e. The van der Waals surface area contributed by atoms with Gasteiger partial charge in [-0.15, -0.1) is 0 Å². The zero-order chi connectivity index (χ0) is 20.2. The lowest BCUT2D eigenvalue weighted by atomic mass is 10.0. The predicted molar refractivity (Wildman–Crippen MR) is 111 cm³/mol. The van der Waals surface area contributed by atoms with E-state index in [4.69, 9.17) is 23.2 Å². The summed E-state index contributed by atoms with van der Waals surface area (Å²) in [6.07, 6.45) is 1.08. The number of hydrogen-bond acceptors (Lipinski definition) is 3. The van der Waals surface area contributed by atoms with Gasteiger partial charge in [0.25, 0.3) is 0 Å². The normalized spacial score (nSPS) is 11.5. The van der Waals surface area contributed by atoms with Crippen LogP contribution in [0.15, 0.2) is 42.5 Å². The van der Waals surface area contributed by atoms with Crippen molar-refractivity contribution in [3.8, 4) is 0 Å². The van der Waals surface area contributed by atoms with Crippen LogP contribution in [-0.4, -0.2) is 27.1 Å². The summed E-state index contributed by atoms with van der Waals surface area (Å²) in [6.45, 7) is 3.97. The number of rotatable bonds is 7. The highest BCUT2D eigenvalue weighted by Crippen LogP contribution is 2.22. The minimum absolute atomic E-state index is 0.179. The second-order valence-electron chi connectivity index (χ2n) is 6.53. The molecule has 0 saturated carbocycles. The molecule has 2 aromatic rings. The topological polar surface area (TPSA) is 66.5 Å². The van der Waals surface area contributed by atoms with E-state index in [-0.39, 0.29) is 13.1 Å². The molecule has 0 aromatic heterocycles. The van der Waals surface area contributed by atoms with Crippen molar-refractivity contribution in [1.82, 2.24) is 5.32 Å². The van der Waals surface area contributed by atoms with E-state index in [0.29, 0.717) is 27.2 Å². The van der Waals surface area contributed by atoms with E-state index in [9.17, 15) is 13.2 Å². The van der Waals surface area contributed by atoms with Gasteiger partial charge in [-0.25, -0.2) is 8.42 Å². The molecule has 1 N–H and O–H groups in total. The minimum Gasteiger partial charge on any atom is -0.350 e. The summed E-state index contributed by atoms with van der Waals surface area (Å²) >= 11 is 11.9. The van der Waals surface area contributed by atoms with Crippen LogP contribution in [0.4, 0.5) is 5.69 Å². The lowest BCUT2D eigenvalue weighted by Crippen LogP contribution is -2.40. The Bertz CT molecular complexity index is 913. The van der Waals surface area contributed by atoms with Crippen LogP contribution in [0.3, 0.4) is 0 Å². The lowest BCUT2D eigenvalue weighted by Gasteiger charge is -2.22. The summed E-state index contributed by atoms with van der Waals surface area (Å²) in [5, 5.41) is 3.63. The Balaban J connectivity index is 2.10. The minimum atomic E-state index is -3.61. The molecule has 5 nitrogen and oxygen atoms in total. The first-order valence-electron chi connectivity index (χ1n) is 8.36. The summed E-state index contributed by atoms with van der Waals surface area (Å²) in [6, 6.07) is 12.1. The van der Waals surface area contributed by atoms with Crippen LogP contribution in [0, 0.1) is 0 Å². The fourth-order valence-corrected chi connectivity index (χ4v) is 3.80. The Labute approximate surface area is 170 Å². The second-order valence-corrected chi connectivity index (χ2v) is 9.28. The van der Waals surface area contributed by atoms with E-state index in [1.807, 2.05) is 12.1 Å². The molecule has 0 bridgehead atoms. The Kier molecular flexibility index (Phi) is 7.14. The van der Waals surface area contributed by atoms with Crippen LogP contribution in [0.2, 0.25) is 10.0 Å². The molecule has 0 fully saturated rings. The average Bonchev–Trinajstić information content (AvgIpc) is 2.58. The Morgan fingerprint density at radius 1 is 1.11 bits per heavy atom. The van der Waals surface area contributed by atoms with Crippen molar-refractivity contribution in [3.63, 3.8) is 0 Å². The van der Waals surface area contributed by atoms with E-state index in [0.717, 1.165) is 16.1 Å². The molecule has 0 radical (unpaired) electrons. The van der Waals surface area contributed by atoms with Crippen LogP contribution in [0.5, 0.6) is 0 Å². The molecular weight excluding hydrogens is 407 g/mol. The number of carbonyl (C=O) groups is 1. The van der Waals surface area contributed by atoms with Gasteiger partial charge in [-0.2, -0.15) is 0 Å². The van der Waals surface area contributed by atoms with Crippen LogP contribution >= 0.6 is 23.2 Å². The number of amides is 1. The van der Waals surface area contributed by atoms with Gasteiger partial charge in [-0.3, -0.25) is 9.10 Å². The van der Waals surface area contributed by atoms with Crippen LogP contribution in [-0.2, 0) is 21.4 Å². The zero-order valence-electron chi connectivity index (χ0n) is 15.4.